The van der Waals surface area contributed by atoms with E-state index in [2.05, 4.69) is 36.4 Å². The van der Waals surface area contributed by atoms with Crippen molar-refractivity contribution >= 4 is 22.6 Å². The first-order valence-corrected chi connectivity index (χ1v) is 23.8. The van der Waals surface area contributed by atoms with Gasteiger partial charge in [-0.25, -0.2) is 0 Å². The molecule has 0 amide bonds. The van der Waals surface area contributed by atoms with Gasteiger partial charge in [0, 0.05) is 3.42 Å². The van der Waals surface area contributed by atoms with Crippen molar-refractivity contribution in [2.24, 2.45) is 88.8 Å². The zero-order valence-electron chi connectivity index (χ0n) is 31.3. The fraction of sp³-hybridized carbons (Fsp3) is 1.00. The van der Waals surface area contributed by atoms with Crippen molar-refractivity contribution in [3.63, 3.8) is 0 Å². The number of alkyl halides is 1. The van der Waals surface area contributed by atoms with Crippen molar-refractivity contribution in [1.82, 2.24) is 0 Å². The molecule has 8 rings (SSSR count). The lowest BCUT2D eigenvalue weighted by molar-refractivity contribution is 0.00669. The largest absolute Gasteiger partial charge is 0.0785 e. The van der Waals surface area contributed by atoms with E-state index in [0.717, 1.165) is 88.8 Å². The van der Waals surface area contributed by atoms with Crippen molar-refractivity contribution < 1.29 is 0 Å². The molecular weight excluding hydrogens is 679 g/mol. The van der Waals surface area contributed by atoms with Crippen LogP contribution in [0.4, 0.5) is 0 Å². The summed E-state index contributed by atoms with van der Waals surface area (Å²) in [5.74, 6) is 16.3. The van der Waals surface area contributed by atoms with E-state index in [0.29, 0.717) is 3.42 Å². The fourth-order valence-electron chi connectivity index (χ4n) is 16.3. The highest BCUT2D eigenvalue weighted by molar-refractivity contribution is 14.1. The molecule has 0 aromatic carbocycles. The molecule has 0 aromatic rings. The molecule has 1 heteroatoms. The van der Waals surface area contributed by atoms with Gasteiger partial charge in [-0.1, -0.05) is 119 Å². The monoisotopic (exact) mass is 757 g/mol. The predicted molar refractivity (Wildman–Crippen MR) is 210 cm³/mol. The Kier molecular flexibility index (Phi) is 11.4. The molecule has 8 aliphatic rings. The van der Waals surface area contributed by atoms with Gasteiger partial charge in [-0.15, -0.1) is 0 Å². The summed E-state index contributed by atoms with van der Waals surface area (Å²) in [6.07, 6.45) is 44.2. The van der Waals surface area contributed by atoms with Crippen LogP contribution in [0.1, 0.15) is 194 Å². The molecule has 8 aliphatic carbocycles. The van der Waals surface area contributed by atoms with Gasteiger partial charge in [0.15, 0.2) is 0 Å². The van der Waals surface area contributed by atoms with E-state index in [1.165, 1.54) is 32.1 Å². The molecule has 0 saturated heterocycles. The van der Waals surface area contributed by atoms with Gasteiger partial charge in [0.2, 0.25) is 0 Å². The maximum absolute atomic E-state index is 3.02. The van der Waals surface area contributed by atoms with Crippen LogP contribution in [0.3, 0.4) is 0 Å². The number of hydrogen-bond acceptors (Lipinski definition) is 0. The second-order valence-electron chi connectivity index (χ2n) is 20.4. The van der Waals surface area contributed by atoms with Crippen LogP contribution in [0.5, 0.6) is 0 Å². The molecular formula is C46H77I. The van der Waals surface area contributed by atoms with Gasteiger partial charge in [0.1, 0.15) is 0 Å². The summed E-state index contributed by atoms with van der Waals surface area (Å²) in [5.41, 5.74) is 0. The highest BCUT2D eigenvalue weighted by Gasteiger charge is 2.58. The predicted octanol–water partition coefficient (Wildman–Crippen LogP) is 14.5. The first-order valence-electron chi connectivity index (χ1n) is 22.7. The number of rotatable bonds is 8. The molecule has 15 unspecified atom stereocenters. The van der Waals surface area contributed by atoms with Gasteiger partial charge in [-0.2, -0.15) is 0 Å². The third-order valence-corrected chi connectivity index (χ3v) is 20.1. The highest BCUT2D eigenvalue weighted by Crippen LogP contribution is 2.64. The summed E-state index contributed by atoms with van der Waals surface area (Å²) in [5, 5.41) is 0. The van der Waals surface area contributed by atoms with E-state index < -0.39 is 0 Å². The van der Waals surface area contributed by atoms with Crippen molar-refractivity contribution in [2.45, 2.75) is 197 Å². The van der Waals surface area contributed by atoms with E-state index in [1.807, 2.05) is 0 Å². The van der Waals surface area contributed by atoms with Crippen LogP contribution < -0.4 is 0 Å². The van der Waals surface area contributed by atoms with Crippen molar-refractivity contribution in [2.75, 3.05) is 0 Å². The van der Waals surface area contributed by atoms with Gasteiger partial charge in [0.25, 0.3) is 0 Å². The smallest absolute Gasteiger partial charge is 0.0256 e. The molecule has 0 N–H and O–H groups in total. The highest BCUT2D eigenvalue weighted by atomic mass is 127. The van der Waals surface area contributed by atoms with E-state index in [4.69, 9.17) is 0 Å². The van der Waals surface area contributed by atoms with Crippen molar-refractivity contribution in [3.05, 3.63) is 0 Å². The van der Waals surface area contributed by atoms with E-state index in [-0.39, 0.29) is 0 Å². The molecule has 0 aliphatic heterocycles. The van der Waals surface area contributed by atoms with Gasteiger partial charge >= 0.3 is 0 Å². The lowest BCUT2D eigenvalue weighted by Crippen LogP contribution is -2.40. The topological polar surface area (TPSA) is 0 Å². The Morgan fingerprint density at radius 2 is 1.19 bits per heavy atom. The molecule has 0 spiro atoms. The maximum atomic E-state index is 3.02. The molecule has 268 valence electrons. The van der Waals surface area contributed by atoms with Crippen molar-refractivity contribution in [3.8, 4) is 0 Å². The standard InChI is InChI=1S/C46H77I/c1-3-32-27-39(29-37-15-7-8-16-40(32)37)36-23-22-34-26-31(20-21-35(34)28-36)12-11-18-41(33-13-5-4-6-14-33)38-24-25-43-42-17-9-10-19-44(42)46(2,47)45(43)30-38/h31-45H,3-30H2,1-2H3. The summed E-state index contributed by atoms with van der Waals surface area (Å²) in [6, 6.07) is 0. The summed E-state index contributed by atoms with van der Waals surface area (Å²) in [4.78, 5) is 0. The van der Waals surface area contributed by atoms with Gasteiger partial charge in [0.05, 0.1) is 0 Å². The maximum Gasteiger partial charge on any atom is 0.0256 e. The Morgan fingerprint density at radius 3 is 2.02 bits per heavy atom. The average molecular weight is 757 g/mol. The minimum Gasteiger partial charge on any atom is -0.0785 e. The van der Waals surface area contributed by atoms with Crippen LogP contribution >= 0.6 is 22.6 Å². The second-order valence-corrected chi connectivity index (χ2v) is 22.7. The van der Waals surface area contributed by atoms with Gasteiger partial charge in [-0.05, 0) is 186 Å². The lowest BCUT2D eigenvalue weighted by Gasteiger charge is -2.50. The lowest BCUT2D eigenvalue weighted by atomic mass is 9.56. The Hall–Kier alpha value is 0.730. The van der Waals surface area contributed by atoms with Crippen LogP contribution in [0.25, 0.3) is 0 Å². The minimum absolute atomic E-state index is 0.591. The first kappa shape index (κ1) is 34.8. The molecule has 0 aromatic heterocycles. The van der Waals surface area contributed by atoms with Crippen molar-refractivity contribution in [1.29, 1.82) is 0 Å². The Bertz CT molecular complexity index is 985. The van der Waals surface area contributed by atoms with Crippen LogP contribution in [0.15, 0.2) is 0 Å². The first-order chi connectivity index (χ1) is 23.0. The van der Waals surface area contributed by atoms with Crippen LogP contribution in [0, 0.1) is 88.8 Å². The quantitative estimate of drug-likeness (QED) is 0.171. The van der Waals surface area contributed by atoms with Gasteiger partial charge < -0.3 is 0 Å². The number of halogens is 1. The summed E-state index contributed by atoms with van der Waals surface area (Å²) >= 11 is 3.02. The Labute approximate surface area is 306 Å². The fourth-order valence-corrected chi connectivity index (χ4v) is 17.7. The Balaban J connectivity index is 0.840. The molecule has 0 heterocycles. The molecule has 8 saturated carbocycles. The summed E-state index contributed by atoms with van der Waals surface area (Å²) < 4.78 is 0.591. The third kappa shape index (κ3) is 7.23. The summed E-state index contributed by atoms with van der Waals surface area (Å²) in [7, 11) is 0. The minimum atomic E-state index is 0.591. The molecule has 15 atom stereocenters. The number of fused-ring (bicyclic) bond motifs is 5. The Morgan fingerprint density at radius 1 is 0.532 bits per heavy atom. The van der Waals surface area contributed by atoms with Crippen LogP contribution in [-0.4, -0.2) is 3.42 Å². The average Bonchev–Trinajstić information content (AvgIpc) is 3.35. The second kappa shape index (κ2) is 15.4. The number of hydrogen-bond donors (Lipinski definition) is 0. The normalized spacial score (nSPS) is 49.7. The molecule has 47 heavy (non-hydrogen) atoms. The SMILES string of the molecule is CCC1CC(C2CCC3CC(CCCC(C4CCCCC4)C4CCC5C6CCCCC6C(C)(I)C5C4)CCC3C2)CC2CCCCC12. The van der Waals surface area contributed by atoms with E-state index >= 15 is 0 Å². The van der Waals surface area contributed by atoms with Crippen LogP contribution in [0.2, 0.25) is 0 Å². The zero-order chi connectivity index (χ0) is 32.0. The zero-order valence-corrected chi connectivity index (χ0v) is 33.5. The van der Waals surface area contributed by atoms with Crippen LogP contribution in [-0.2, 0) is 0 Å². The van der Waals surface area contributed by atoms with Gasteiger partial charge in [-0.3, -0.25) is 0 Å². The molecule has 0 bridgehead atoms. The summed E-state index contributed by atoms with van der Waals surface area (Å²) in [6.45, 7) is 5.26. The molecule has 0 nitrogen and oxygen atoms in total. The third-order valence-electron chi connectivity index (χ3n) is 18.5. The van der Waals surface area contributed by atoms with E-state index in [9.17, 15) is 0 Å². The van der Waals surface area contributed by atoms with E-state index in [1.54, 1.807) is 148 Å². The molecule has 0 radical (unpaired) electrons. The molecule has 8 fully saturated rings.